The summed E-state index contributed by atoms with van der Waals surface area (Å²) in [6, 6.07) is 17.6. The Morgan fingerprint density at radius 2 is 1.59 bits per heavy atom. The van der Waals surface area contributed by atoms with Crippen LogP contribution in [0.1, 0.15) is 12.8 Å². The van der Waals surface area contributed by atoms with E-state index in [1.807, 2.05) is 0 Å². The van der Waals surface area contributed by atoms with Crippen LogP contribution in [0.4, 0.5) is 11.4 Å². The Balaban J connectivity index is 1.52. The van der Waals surface area contributed by atoms with E-state index in [1.165, 1.54) is 38.5 Å². The molecular formula is C24H25ClN2O6S. The molecule has 0 aliphatic carbocycles. The maximum Gasteiger partial charge on any atom is 0.262 e. The number of rotatable bonds is 11. The minimum atomic E-state index is -3.87. The lowest BCUT2D eigenvalue weighted by Gasteiger charge is -2.13. The second kappa shape index (κ2) is 11.6. The molecule has 3 aromatic carbocycles. The fourth-order valence-electron chi connectivity index (χ4n) is 2.98. The van der Waals surface area contributed by atoms with E-state index in [-0.39, 0.29) is 22.9 Å². The van der Waals surface area contributed by atoms with Crippen LogP contribution in [0.25, 0.3) is 0 Å². The third kappa shape index (κ3) is 7.03. The molecular weight excluding hydrogens is 480 g/mol. The van der Waals surface area contributed by atoms with Crippen LogP contribution in [0.15, 0.2) is 71.6 Å². The van der Waals surface area contributed by atoms with E-state index in [9.17, 15) is 13.2 Å². The lowest BCUT2D eigenvalue weighted by atomic mass is 10.2. The molecule has 0 aliphatic rings. The van der Waals surface area contributed by atoms with Gasteiger partial charge in [-0.2, -0.15) is 0 Å². The van der Waals surface area contributed by atoms with Gasteiger partial charge in [0.05, 0.1) is 31.4 Å². The van der Waals surface area contributed by atoms with Crippen molar-refractivity contribution in [2.24, 2.45) is 0 Å². The van der Waals surface area contributed by atoms with Gasteiger partial charge in [-0.05, 0) is 67.1 Å². The van der Waals surface area contributed by atoms with E-state index in [0.717, 1.165) is 0 Å². The van der Waals surface area contributed by atoms with Gasteiger partial charge in [0, 0.05) is 23.2 Å². The molecule has 0 saturated carbocycles. The Bertz CT molecular complexity index is 1220. The van der Waals surface area contributed by atoms with E-state index < -0.39 is 10.0 Å². The van der Waals surface area contributed by atoms with Gasteiger partial charge in [-0.15, -0.1) is 0 Å². The molecule has 34 heavy (non-hydrogen) atoms. The molecule has 180 valence electrons. The normalized spacial score (nSPS) is 10.9. The van der Waals surface area contributed by atoms with Crippen molar-refractivity contribution in [2.75, 3.05) is 30.9 Å². The predicted molar refractivity (Wildman–Crippen MR) is 132 cm³/mol. The summed E-state index contributed by atoms with van der Waals surface area (Å²) in [5.41, 5.74) is 0.770. The monoisotopic (exact) mass is 504 g/mol. The van der Waals surface area contributed by atoms with Crippen LogP contribution in [0, 0.1) is 0 Å². The SMILES string of the molecule is COc1ccc(NS(=O)(=O)c2ccc(NC(=O)CCCOc3ccc(Cl)cc3)cc2)c(OC)c1. The lowest BCUT2D eigenvalue weighted by Crippen LogP contribution is -2.15. The van der Waals surface area contributed by atoms with Crippen LogP contribution in [0.5, 0.6) is 17.2 Å². The predicted octanol–water partition coefficient (Wildman–Crippen LogP) is 4.96. The van der Waals surface area contributed by atoms with Gasteiger partial charge in [0.15, 0.2) is 0 Å². The molecule has 0 saturated heterocycles. The first kappa shape index (κ1) is 25.2. The van der Waals surface area contributed by atoms with Gasteiger partial charge < -0.3 is 19.5 Å². The molecule has 8 nitrogen and oxygen atoms in total. The molecule has 0 unspecified atom stereocenters. The van der Waals surface area contributed by atoms with Gasteiger partial charge in [0.25, 0.3) is 10.0 Å². The van der Waals surface area contributed by atoms with Crippen LogP contribution >= 0.6 is 11.6 Å². The number of ether oxygens (including phenoxy) is 3. The number of carbonyl (C=O) groups excluding carboxylic acids is 1. The average molecular weight is 505 g/mol. The highest BCUT2D eigenvalue weighted by Gasteiger charge is 2.17. The molecule has 0 spiro atoms. The molecule has 3 rings (SSSR count). The summed E-state index contributed by atoms with van der Waals surface area (Å²) < 4.78 is 43.9. The zero-order valence-electron chi connectivity index (χ0n) is 18.7. The Morgan fingerprint density at radius 3 is 2.24 bits per heavy atom. The zero-order valence-corrected chi connectivity index (χ0v) is 20.3. The first-order chi connectivity index (χ1) is 16.3. The van der Waals surface area contributed by atoms with Gasteiger partial charge in [-0.25, -0.2) is 8.42 Å². The highest BCUT2D eigenvalue weighted by molar-refractivity contribution is 7.92. The van der Waals surface area contributed by atoms with E-state index in [4.69, 9.17) is 25.8 Å². The number of hydrogen-bond acceptors (Lipinski definition) is 6. The van der Waals surface area contributed by atoms with Crippen molar-refractivity contribution in [2.45, 2.75) is 17.7 Å². The van der Waals surface area contributed by atoms with Crippen molar-refractivity contribution in [1.29, 1.82) is 0 Å². The Kier molecular flexibility index (Phi) is 8.61. The van der Waals surface area contributed by atoms with Crippen LogP contribution < -0.4 is 24.2 Å². The van der Waals surface area contributed by atoms with E-state index >= 15 is 0 Å². The zero-order chi connectivity index (χ0) is 24.6. The molecule has 0 heterocycles. The summed E-state index contributed by atoms with van der Waals surface area (Å²) in [5, 5.41) is 3.37. The molecule has 0 bridgehead atoms. The Morgan fingerprint density at radius 1 is 0.912 bits per heavy atom. The van der Waals surface area contributed by atoms with Crippen molar-refractivity contribution >= 4 is 38.9 Å². The smallest absolute Gasteiger partial charge is 0.262 e. The number of amides is 1. The summed E-state index contributed by atoms with van der Waals surface area (Å²) in [5.74, 6) is 1.35. The minimum absolute atomic E-state index is 0.0414. The molecule has 0 radical (unpaired) electrons. The number of nitrogens with one attached hydrogen (secondary N) is 2. The number of carbonyl (C=O) groups is 1. The molecule has 0 fully saturated rings. The highest BCUT2D eigenvalue weighted by atomic mass is 35.5. The largest absolute Gasteiger partial charge is 0.497 e. The van der Waals surface area contributed by atoms with Gasteiger partial charge in [-0.1, -0.05) is 11.6 Å². The molecule has 1 amide bonds. The molecule has 0 aliphatic heterocycles. The molecule has 3 aromatic rings. The number of methoxy groups -OCH3 is 2. The second-order valence-electron chi connectivity index (χ2n) is 7.15. The number of halogens is 1. The van der Waals surface area contributed by atoms with Crippen molar-refractivity contribution in [3.63, 3.8) is 0 Å². The van der Waals surface area contributed by atoms with Crippen LogP contribution in [-0.4, -0.2) is 35.2 Å². The standard InChI is InChI=1S/C24H25ClN2O6S/c1-31-20-11-14-22(23(16-20)32-2)27-34(29,30)21-12-7-18(8-13-21)26-24(28)4-3-15-33-19-9-5-17(25)6-10-19/h5-14,16,27H,3-4,15H2,1-2H3,(H,26,28). The second-order valence-corrected chi connectivity index (χ2v) is 9.27. The van der Waals surface area contributed by atoms with Crippen molar-refractivity contribution in [3.8, 4) is 17.2 Å². The van der Waals surface area contributed by atoms with E-state index in [0.29, 0.717) is 41.0 Å². The molecule has 10 heteroatoms. The molecule has 2 N–H and O–H groups in total. The van der Waals surface area contributed by atoms with Crippen molar-refractivity contribution in [1.82, 2.24) is 0 Å². The summed E-state index contributed by atoms with van der Waals surface area (Å²) in [4.78, 5) is 12.2. The van der Waals surface area contributed by atoms with Gasteiger partial charge in [0.1, 0.15) is 17.2 Å². The fraction of sp³-hybridized carbons (Fsp3) is 0.208. The number of sulfonamides is 1. The maximum absolute atomic E-state index is 12.8. The van der Waals surface area contributed by atoms with Crippen LogP contribution in [0.3, 0.4) is 0 Å². The lowest BCUT2D eigenvalue weighted by molar-refractivity contribution is -0.116. The number of benzene rings is 3. The number of anilines is 2. The van der Waals surface area contributed by atoms with E-state index in [2.05, 4.69) is 10.0 Å². The Hall–Kier alpha value is -3.43. The van der Waals surface area contributed by atoms with Gasteiger partial charge >= 0.3 is 0 Å². The maximum atomic E-state index is 12.8. The third-order valence-corrected chi connectivity index (χ3v) is 6.37. The molecule has 0 atom stereocenters. The summed E-state index contributed by atoms with van der Waals surface area (Å²) in [7, 11) is -0.919. The van der Waals surface area contributed by atoms with Crippen molar-refractivity contribution < 1.29 is 27.4 Å². The van der Waals surface area contributed by atoms with E-state index in [1.54, 1.807) is 42.5 Å². The highest BCUT2D eigenvalue weighted by Crippen LogP contribution is 2.31. The van der Waals surface area contributed by atoms with Crippen LogP contribution in [-0.2, 0) is 14.8 Å². The third-order valence-electron chi connectivity index (χ3n) is 4.73. The summed E-state index contributed by atoms with van der Waals surface area (Å²) in [6.45, 7) is 0.382. The summed E-state index contributed by atoms with van der Waals surface area (Å²) in [6.07, 6.45) is 0.779. The van der Waals surface area contributed by atoms with Crippen molar-refractivity contribution in [3.05, 3.63) is 71.8 Å². The van der Waals surface area contributed by atoms with Gasteiger partial charge in [-0.3, -0.25) is 9.52 Å². The summed E-state index contributed by atoms with van der Waals surface area (Å²) >= 11 is 5.83. The number of hydrogen-bond donors (Lipinski definition) is 2. The minimum Gasteiger partial charge on any atom is -0.497 e. The first-order valence-electron chi connectivity index (χ1n) is 10.3. The average Bonchev–Trinajstić information content (AvgIpc) is 2.83. The van der Waals surface area contributed by atoms with Gasteiger partial charge in [0.2, 0.25) is 5.91 Å². The first-order valence-corrected chi connectivity index (χ1v) is 12.2. The fourth-order valence-corrected chi connectivity index (χ4v) is 4.18. The topological polar surface area (TPSA) is 103 Å². The Labute approximate surface area is 203 Å². The van der Waals surface area contributed by atoms with Crippen LogP contribution in [0.2, 0.25) is 5.02 Å². The quantitative estimate of drug-likeness (QED) is 0.358. The molecule has 0 aromatic heterocycles.